The first kappa shape index (κ1) is 10.8. The van der Waals surface area contributed by atoms with Gasteiger partial charge in [-0.2, -0.15) is 0 Å². The van der Waals surface area contributed by atoms with E-state index in [1.54, 1.807) is 12.3 Å². The van der Waals surface area contributed by atoms with Crippen molar-refractivity contribution in [3.63, 3.8) is 0 Å². The molecule has 1 aromatic heterocycles. The van der Waals surface area contributed by atoms with Crippen LogP contribution in [0.1, 0.15) is 29.0 Å². The number of furan rings is 1. The first-order chi connectivity index (χ1) is 8.20. The summed E-state index contributed by atoms with van der Waals surface area (Å²) in [7, 11) is 0. The highest BCUT2D eigenvalue weighted by Gasteiger charge is 2.42. The minimum Gasteiger partial charge on any atom is -0.469 e. The first-order valence-electron chi connectivity index (χ1n) is 6.24. The minimum absolute atomic E-state index is 0.125. The predicted molar refractivity (Wildman–Crippen MR) is 63.9 cm³/mol. The zero-order chi connectivity index (χ0) is 11.9. The molecule has 0 aliphatic carbocycles. The molecule has 1 spiro atoms. The lowest BCUT2D eigenvalue weighted by atomic mass is 9.86. The first-order valence-corrected chi connectivity index (χ1v) is 6.24. The monoisotopic (exact) mass is 234 g/mol. The van der Waals surface area contributed by atoms with Gasteiger partial charge >= 0.3 is 0 Å². The van der Waals surface area contributed by atoms with Gasteiger partial charge < -0.3 is 14.6 Å². The normalized spacial score (nSPS) is 28.2. The summed E-state index contributed by atoms with van der Waals surface area (Å²) in [6.45, 7) is 5.76. The number of rotatable bonds is 1. The molecule has 3 rings (SSSR count). The van der Waals surface area contributed by atoms with Crippen LogP contribution >= 0.6 is 0 Å². The van der Waals surface area contributed by atoms with Gasteiger partial charge in [0.1, 0.15) is 5.76 Å². The van der Waals surface area contributed by atoms with E-state index in [1.165, 1.54) is 6.42 Å². The van der Waals surface area contributed by atoms with Gasteiger partial charge in [0.05, 0.1) is 11.8 Å². The number of hydrogen-bond acceptors (Lipinski definition) is 3. The van der Waals surface area contributed by atoms with Crippen LogP contribution < -0.4 is 5.32 Å². The smallest absolute Gasteiger partial charge is 0.257 e. The Morgan fingerprint density at radius 3 is 3.06 bits per heavy atom. The maximum absolute atomic E-state index is 12.3. The Balaban J connectivity index is 1.75. The molecule has 2 saturated heterocycles. The summed E-state index contributed by atoms with van der Waals surface area (Å²) in [4.78, 5) is 14.3. The van der Waals surface area contributed by atoms with Crippen LogP contribution in [0.25, 0.3) is 0 Å². The van der Waals surface area contributed by atoms with Crippen molar-refractivity contribution in [3.05, 3.63) is 23.7 Å². The highest BCUT2D eigenvalue weighted by atomic mass is 16.3. The summed E-state index contributed by atoms with van der Waals surface area (Å²) in [5, 5.41) is 3.40. The fraction of sp³-hybridized carbons (Fsp3) is 0.615. The molecule has 92 valence electrons. The van der Waals surface area contributed by atoms with E-state index in [0.29, 0.717) is 11.0 Å². The fourth-order valence-electron chi connectivity index (χ4n) is 3.03. The number of carbonyl (C=O) groups excluding carboxylic acids is 1. The van der Waals surface area contributed by atoms with Crippen molar-refractivity contribution in [2.45, 2.75) is 19.8 Å². The number of likely N-dealkylation sites (tertiary alicyclic amines) is 1. The van der Waals surface area contributed by atoms with Crippen LogP contribution in [0.2, 0.25) is 0 Å². The van der Waals surface area contributed by atoms with Gasteiger partial charge in [0.15, 0.2) is 0 Å². The highest BCUT2D eigenvalue weighted by Crippen LogP contribution is 2.36. The molecule has 1 N–H and O–H groups in total. The summed E-state index contributed by atoms with van der Waals surface area (Å²) in [5.41, 5.74) is 1.06. The number of nitrogens with one attached hydrogen (secondary N) is 1. The van der Waals surface area contributed by atoms with Crippen LogP contribution in [0.3, 0.4) is 0 Å². The Kier molecular flexibility index (Phi) is 2.47. The summed E-state index contributed by atoms with van der Waals surface area (Å²) in [6, 6.07) is 1.77. The number of carbonyl (C=O) groups is 1. The van der Waals surface area contributed by atoms with Crippen molar-refractivity contribution < 1.29 is 9.21 Å². The SMILES string of the molecule is Cc1occc1C(=O)N1CCC2(CCNC2)C1. The van der Waals surface area contributed by atoms with Crippen LogP contribution in [-0.2, 0) is 0 Å². The fourth-order valence-corrected chi connectivity index (χ4v) is 3.03. The van der Waals surface area contributed by atoms with E-state index in [4.69, 9.17) is 4.42 Å². The van der Waals surface area contributed by atoms with Gasteiger partial charge in [0, 0.05) is 25.0 Å². The summed E-state index contributed by atoms with van der Waals surface area (Å²) >= 11 is 0. The second-order valence-corrected chi connectivity index (χ2v) is 5.29. The van der Waals surface area contributed by atoms with Crippen molar-refractivity contribution in [1.82, 2.24) is 10.2 Å². The van der Waals surface area contributed by atoms with Gasteiger partial charge in [0.2, 0.25) is 0 Å². The van der Waals surface area contributed by atoms with E-state index in [2.05, 4.69) is 5.32 Å². The molecular formula is C13H18N2O2. The van der Waals surface area contributed by atoms with Gasteiger partial charge in [-0.15, -0.1) is 0 Å². The van der Waals surface area contributed by atoms with Crippen LogP contribution in [0.4, 0.5) is 0 Å². The molecule has 1 atom stereocenters. The molecule has 1 aromatic rings. The third-order valence-corrected chi connectivity index (χ3v) is 4.15. The van der Waals surface area contributed by atoms with E-state index >= 15 is 0 Å². The number of aryl methyl sites for hydroxylation is 1. The Morgan fingerprint density at radius 1 is 1.53 bits per heavy atom. The number of amides is 1. The molecule has 0 radical (unpaired) electrons. The van der Waals surface area contributed by atoms with Crippen LogP contribution in [0.15, 0.2) is 16.7 Å². The Morgan fingerprint density at radius 2 is 2.41 bits per heavy atom. The molecular weight excluding hydrogens is 216 g/mol. The molecule has 2 fully saturated rings. The second kappa shape index (κ2) is 3.88. The molecule has 1 amide bonds. The Labute approximate surface area is 101 Å². The quantitative estimate of drug-likeness (QED) is 0.799. The summed E-state index contributed by atoms with van der Waals surface area (Å²) in [6.07, 6.45) is 3.91. The van der Waals surface area contributed by atoms with E-state index < -0.39 is 0 Å². The van der Waals surface area contributed by atoms with Crippen LogP contribution in [0.5, 0.6) is 0 Å². The molecule has 1 unspecified atom stereocenters. The van der Waals surface area contributed by atoms with Crippen molar-refractivity contribution in [1.29, 1.82) is 0 Å². The van der Waals surface area contributed by atoms with Crippen LogP contribution in [0, 0.1) is 12.3 Å². The van der Waals surface area contributed by atoms with Crippen molar-refractivity contribution in [2.75, 3.05) is 26.2 Å². The molecule has 4 nitrogen and oxygen atoms in total. The van der Waals surface area contributed by atoms with E-state index in [1.807, 2.05) is 11.8 Å². The minimum atomic E-state index is 0.125. The average Bonchev–Trinajstić information content (AvgIpc) is 3.02. The van der Waals surface area contributed by atoms with Crippen LogP contribution in [-0.4, -0.2) is 37.0 Å². The second-order valence-electron chi connectivity index (χ2n) is 5.29. The molecule has 0 aromatic carbocycles. The number of nitrogens with zero attached hydrogens (tertiary/aromatic N) is 1. The van der Waals surface area contributed by atoms with E-state index in [0.717, 1.165) is 38.4 Å². The molecule has 3 heterocycles. The molecule has 0 saturated carbocycles. The standard InChI is InChI=1S/C13H18N2O2/c1-10-11(2-7-17-10)12(16)15-6-4-13(9-15)3-5-14-8-13/h2,7,14H,3-6,8-9H2,1H3. The summed E-state index contributed by atoms with van der Waals surface area (Å²) in [5.74, 6) is 0.848. The highest BCUT2D eigenvalue weighted by molar-refractivity contribution is 5.95. The topological polar surface area (TPSA) is 45.5 Å². The maximum Gasteiger partial charge on any atom is 0.257 e. The zero-order valence-corrected chi connectivity index (χ0v) is 10.2. The Bertz CT molecular complexity index is 432. The lowest BCUT2D eigenvalue weighted by Gasteiger charge is -2.22. The largest absolute Gasteiger partial charge is 0.469 e. The van der Waals surface area contributed by atoms with Gasteiger partial charge in [-0.3, -0.25) is 4.79 Å². The zero-order valence-electron chi connectivity index (χ0n) is 10.2. The number of hydrogen-bond donors (Lipinski definition) is 1. The third kappa shape index (κ3) is 1.76. The van der Waals surface area contributed by atoms with Gasteiger partial charge in [-0.1, -0.05) is 0 Å². The van der Waals surface area contributed by atoms with Gasteiger partial charge in [-0.05, 0) is 32.4 Å². The average molecular weight is 234 g/mol. The summed E-state index contributed by atoms with van der Waals surface area (Å²) < 4.78 is 5.20. The van der Waals surface area contributed by atoms with E-state index in [-0.39, 0.29) is 5.91 Å². The maximum atomic E-state index is 12.3. The molecule has 2 aliphatic rings. The van der Waals surface area contributed by atoms with Crippen molar-refractivity contribution in [3.8, 4) is 0 Å². The predicted octanol–water partition coefficient (Wildman–Crippen LogP) is 1.41. The molecule has 0 bridgehead atoms. The molecule has 2 aliphatic heterocycles. The molecule has 4 heteroatoms. The lowest BCUT2D eigenvalue weighted by molar-refractivity contribution is 0.0774. The van der Waals surface area contributed by atoms with E-state index in [9.17, 15) is 4.79 Å². The lowest BCUT2D eigenvalue weighted by Crippen LogP contribution is -2.33. The van der Waals surface area contributed by atoms with Crippen molar-refractivity contribution in [2.24, 2.45) is 5.41 Å². The molecule has 17 heavy (non-hydrogen) atoms. The van der Waals surface area contributed by atoms with Gasteiger partial charge in [-0.25, -0.2) is 0 Å². The Hall–Kier alpha value is -1.29. The van der Waals surface area contributed by atoms with Crippen molar-refractivity contribution >= 4 is 5.91 Å². The van der Waals surface area contributed by atoms with Gasteiger partial charge in [0.25, 0.3) is 5.91 Å². The third-order valence-electron chi connectivity index (χ3n) is 4.15.